The first kappa shape index (κ1) is 12.7. The van der Waals surface area contributed by atoms with Crippen molar-refractivity contribution < 1.29 is 33.2 Å². The van der Waals surface area contributed by atoms with Crippen LogP contribution in [0.2, 0.25) is 0 Å². The van der Waals surface area contributed by atoms with E-state index in [9.17, 15) is 13.8 Å². The number of aliphatic hydroxyl groups is 1. The standard InChI is InChI=1S/C5H10FO6P/c1-3(7)5(8)4(6)2-12-13(9,10)11/h4-5,8H,2H2,1H3,(H2,9,10,11)/t4-,5-/m1/s1. The Hall–Kier alpha value is -0.330. The number of phosphoric acid groups is 1. The van der Waals surface area contributed by atoms with Crippen molar-refractivity contribution in [3.8, 4) is 0 Å². The summed E-state index contributed by atoms with van der Waals surface area (Å²) in [6.45, 7) is -0.0697. The quantitative estimate of drug-likeness (QED) is 0.529. The Morgan fingerprint density at radius 3 is 2.38 bits per heavy atom. The lowest BCUT2D eigenvalue weighted by Gasteiger charge is -2.12. The third-order valence-corrected chi connectivity index (χ3v) is 1.65. The molecular weight excluding hydrogens is 206 g/mol. The predicted molar refractivity (Wildman–Crippen MR) is 39.6 cm³/mol. The van der Waals surface area contributed by atoms with Crippen LogP contribution in [-0.2, 0) is 13.9 Å². The Bertz CT molecular complexity index is 225. The van der Waals surface area contributed by atoms with Gasteiger partial charge in [0, 0.05) is 0 Å². The number of hydrogen-bond acceptors (Lipinski definition) is 4. The van der Waals surface area contributed by atoms with Crippen molar-refractivity contribution >= 4 is 13.6 Å². The molecular formula is C5H10FO6P. The van der Waals surface area contributed by atoms with Crippen LogP contribution in [0.1, 0.15) is 6.92 Å². The van der Waals surface area contributed by atoms with Gasteiger partial charge >= 0.3 is 7.82 Å². The van der Waals surface area contributed by atoms with E-state index < -0.39 is 32.5 Å². The van der Waals surface area contributed by atoms with E-state index in [4.69, 9.17) is 14.9 Å². The molecule has 0 aromatic heterocycles. The first-order valence-corrected chi connectivity index (χ1v) is 4.79. The van der Waals surface area contributed by atoms with E-state index in [2.05, 4.69) is 4.52 Å². The zero-order valence-corrected chi connectivity index (χ0v) is 7.65. The molecule has 13 heavy (non-hydrogen) atoms. The third kappa shape index (κ3) is 5.84. The van der Waals surface area contributed by atoms with Crippen LogP contribution in [0.4, 0.5) is 4.39 Å². The number of halogens is 1. The molecule has 0 saturated heterocycles. The molecule has 0 aromatic carbocycles. The molecule has 0 spiro atoms. The molecule has 0 radical (unpaired) electrons. The van der Waals surface area contributed by atoms with Gasteiger partial charge in [0.2, 0.25) is 0 Å². The van der Waals surface area contributed by atoms with E-state index in [1.165, 1.54) is 0 Å². The summed E-state index contributed by atoms with van der Waals surface area (Å²) in [6.07, 6.45) is -4.04. The van der Waals surface area contributed by atoms with Crippen LogP contribution in [0.15, 0.2) is 0 Å². The van der Waals surface area contributed by atoms with E-state index in [-0.39, 0.29) is 0 Å². The summed E-state index contributed by atoms with van der Waals surface area (Å²) in [6, 6.07) is 0. The van der Waals surface area contributed by atoms with Crippen molar-refractivity contribution in [3.63, 3.8) is 0 Å². The van der Waals surface area contributed by atoms with Gasteiger partial charge in [-0.1, -0.05) is 0 Å². The van der Waals surface area contributed by atoms with Crippen molar-refractivity contribution in [2.45, 2.75) is 19.2 Å². The average Bonchev–Trinajstić information content (AvgIpc) is 1.97. The highest BCUT2D eigenvalue weighted by atomic mass is 31.2. The highest BCUT2D eigenvalue weighted by molar-refractivity contribution is 7.46. The van der Waals surface area contributed by atoms with Crippen LogP contribution in [-0.4, -0.2) is 39.6 Å². The second-order valence-electron chi connectivity index (χ2n) is 2.36. The van der Waals surface area contributed by atoms with Gasteiger partial charge in [0.1, 0.15) is 6.10 Å². The molecule has 0 bridgehead atoms. The average molecular weight is 216 g/mol. The van der Waals surface area contributed by atoms with E-state index in [0.29, 0.717) is 0 Å². The Morgan fingerprint density at radius 2 is 2.08 bits per heavy atom. The van der Waals surface area contributed by atoms with Crippen molar-refractivity contribution in [1.29, 1.82) is 0 Å². The molecule has 2 atom stereocenters. The monoisotopic (exact) mass is 216 g/mol. The van der Waals surface area contributed by atoms with E-state index >= 15 is 0 Å². The summed E-state index contributed by atoms with van der Waals surface area (Å²) in [4.78, 5) is 26.7. The maximum Gasteiger partial charge on any atom is 0.469 e. The molecule has 6 nitrogen and oxygen atoms in total. The fourth-order valence-electron chi connectivity index (χ4n) is 0.514. The lowest BCUT2D eigenvalue weighted by Crippen LogP contribution is -2.32. The Labute approximate surface area is 73.6 Å². The van der Waals surface area contributed by atoms with Gasteiger partial charge in [-0.2, -0.15) is 0 Å². The van der Waals surface area contributed by atoms with Crippen LogP contribution >= 0.6 is 7.82 Å². The van der Waals surface area contributed by atoms with Crippen molar-refractivity contribution in [3.05, 3.63) is 0 Å². The van der Waals surface area contributed by atoms with Gasteiger partial charge in [-0.15, -0.1) is 0 Å². The van der Waals surface area contributed by atoms with E-state index in [0.717, 1.165) is 6.92 Å². The summed E-state index contributed by atoms with van der Waals surface area (Å²) in [5, 5.41) is 8.73. The zero-order chi connectivity index (χ0) is 10.6. The number of carbonyl (C=O) groups excluding carboxylic acids is 1. The number of alkyl halides is 1. The molecule has 0 aromatic rings. The lowest BCUT2D eigenvalue weighted by atomic mass is 10.2. The van der Waals surface area contributed by atoms with Gasteiger partial charge < -0.3 is 14.9 Å². The first-order chi connectivity index (χ1) is 5.74. The minimum Gasteiger partial charge on any atom is -0.382 e. The molecule has 0 saturated carbocycles. The van der Waals surface area contributed by atoms with Crippen LogP contribution in [0.5, 0.6) is 0 Å². The van der Waals surface area contributed by atoms with Crippen LogP contribution in [0.25, 0.3) is 0 Å². The number of aliphatic hydroxyl groups excluding tert-OH is 1. The number of ketones is 1. The van der Waals surface area contributed by atoms with Crippen molar-refractivity contribution in [2.24, 2.45) is 0 Å². The maximum atomic E-state index is 12.6. The Morgan fingerprint density at radius 1 is 1.62 bits per heavy atom. The number of hydrogen-bond donors (Lipinski definition) is 3. The number of Topliss-reactive ketones (excluding diaryl/α,β-unsaturated/α-hetero) is 1. The summed E-state index contributed by atoms with van der Waals surface area (Å²) >= 11 is 0. The topological polar surface area (TPSA) is 104 Å². The first-order valence-electron chi connectivity index (χ1n) is 3.26. The van der Waals surface area contributed by atoms with Crippen molar-refractivity contribution in [1.82, 2.24) is 0 Å². The molecule has 78 valence electrons. The normalized spacial score (nSPS) is 16.7. The summed E-state index contributed by atoms with van der Waals surface area (Å²) in [7, 11) is -4.75. The minimum absolute atomic E-state index is 0.832. The molecule has 0 unspecified atom stereocenters. The van der Waals surface area contributed by atoms with Crippen LogP contribution in [0.3, 0.4) is 0 Å². The summed E-state index contributed by atoms with van der Waals surface area (Å²) in [5.41, 5.74) is 0. The molecule has 8 heteroatoms. The Balaban J connectivity index is 3.95. The molecule has 0 aliphatic rings. The van der Waals surface area contributed by atoms with Gasteiger partial charge in [0.05, 0.1) is 6.61 Å². The fraction of sp³-hybridized carbons (Fsp3) is 0.800. The second kappa shape index (κ2) is 4.78. The SMILES string of the molecule is CC(=O)[C@@H](O)[C@H](F)COP(=O)(O)O. The van der Waals surface area contributed by atoms with Crippen molar-refractivity contribution in [2.75, 3.05) is 6.61 Å². The smallest absolute Gasteiger partial charge is 0.382 e. The molecule has 0 fully saturated rings. The molecule has 3 N–H and O–H groups in total. The van der Waals surface area contributed by atoms with E-state index in [1.54, 1.807) is 0 Å². The fourth-order valence-corrected chi connectivity index (χ4v) is 0.851. The van der Waals surface area contributed by atoms with Crippen LogP contribution in [0, 0.1) is 0 Å². The largest absolute Gasteiger partial charge is 0.469 e. The van der Waals surface area contributed by atoms with Gasteiger partial charge in [-0.3, -0.25) is 9.32 Å². The van der Waals surface area contributed by atoms with E-state index in [1.807, 2.05) is 0 Å². The van der Waals surface area contributed by atoms with Gasteiger partial charge in [-0.05, 0) is 6.92 Å². The molecule has 0 amide bonds. The molecule has 0 aliphatic carbocycles. The van der Waals surface area contributed by atoms with Gasteiger partial charge in [0.15, 0.2) is 12.0 Å². The number of phosphoric ester groups is 1. The maximum absolute atomic E-state index is 12.6. The summed E-state index contributed by atoms with van der Waals surface area (Å²) in [5.74, 6) is -0.832. The molecule has 0 aliphatic heterocycles. The van der Waals surface area contributed by atoms with Crippen LogP contribution < -0.4 is 0 Å². The highest BCUT2D eigenvalue weighted by Crippen LogP contribution is 2.36. The molecule has 0 rings (SSSR count). The second-order valence-corrected chi connectivity index (χ2v) is 3.60. The third-order valence-electron chi connectivity index (χ3n) is 1.16. The number of carbonyl (C=O) groups is 1. The van der Waals surface area contributed by atoms with Gasteiger partial charge in [0.25, 0.3) is 0 Å². The zero-order valence-electron chi connectivity index (χ0n) is 6.75. The number of rotatable bonds is 5. The Kier molecular flexibility index (Phi) is 4.66. The molecule has 0 heterocycles. The van der Waals surface area contributed by atoms with Gasteiger partial charge in [-0.25, -0.2) is 8.96 Å². The lowest BCUT2D eigenvalue weighted by molar-refractivity contribution is -0.129. The minimum atomic E-state index is -4.75. The highest BCUT2D eigenvalue weighted by Gasteiger charge is 2.26. The predicted octanol–water partition coefficient (Wildman–Crippen LogP) is -0.616. The summed E-state index contributed by atoms with van der Waals surface area (Å²) < 4.78 is 26.4.